The Morgan fingerprint density at radius 1 is 0.688 bits per heavy atom. The summed E-state index contributed by atoms with van der Waals surface area (Å²) < 4.78 is 1.51. The summed E-state index contributed by atoms with van der Waals surface area (Å²) in [5.74, 6) is 0. The average Bonchev–Trinajstić information content (AvgIpc) is 3.15. The van der Waals surface area contributed by atoms with E-state index in [1.807, 2.05) is 0 Å². The van der Waals surface area contributed by atoms with Gasteiger partial charge in [-0.25, -0.2) is 6.07 Å². The largest absolute Gasteiger partial charge is 1.00 e. The molecule has 3 heteroatoms. The van der Waals surface area contributed by atoms with Crippen LogP contribution in [0.2, 0.25) is 0 Å². The van der Waals surface area contributed by atoms with Crippen LogP contribution < -0.4 is 24.8 Å². The molecular formula is C29H48Cl2Zr-2. The molecule has 0 spiro atoms. The Kier molecular flexibility index (Phi) is 15.8. The number of rotatable bonds is 0. The van der Waals surface area contributed by atoms with E-state index in [0.29, 0.717) is 5.41 Å². The molecule has 0 saturated carbocycles. The average molecular weight is 559 g/mol. The topological polar surface area (TPSA) is 0 Å². The third kappa shape index (κ3) is 13.1. The number of halogens is 2. The first-order valence-electron chi connectivity index (χ1n) is 11.2. The standard InChI is InChI=1S/C17H29.C9H13.C3H6.2ClH.Zr/c1-15(2,3)12-10-11-13(16(4,5)6)14(12)17(7,8)9;1-9(2,3)8-6-4-5-7-8;1-3-2;;;/h10-11H,1-9H3;4-7H,1-3H3;1-2H3;2*1H;/q2*-1;;;;+2/p-2. The monoisotopic (exact) mass is 556 g/mol. The maximum atomic E-state index is 2.33. The van der Waals surface area contributed by atoms with Crippen molar-refractivity contribution in [3.05, 3.63) is 58.7 Å². The van der Waals surface area contributed by atoms with Crippen molar-refractivity contribution in [1.82, 2.24) is 0 Å². The van der Waals surface area contributed by atoms with Crippen LogP contribution in [0.15, 0.2) is 36.4 Å². The molecular weight excluding hydrogens is 510 g/mol. The van der Waals surface area contributed by atoms with Gasteiger partial charge in [-0.15, -0.1) is 0 Å². The zero-order chi connectivity index (χ0) is 24.1. The van der Waals surface area contributed by atoms with E-state index in [-0.39, 0.29) is 41.1 Å². The normalized spacial score (nSPS) is 11.8. The van der Waals surface area contributed by atoms with Crippen molar-refractivity contribution in [1.29, 1.82) is 0 Å². The minimum absolute atomic E-state index is 0. The van der Waals surface area contributed by atoms with Crippen molar-refractivity contribution < 1.29 is 49.0 Å². The predicted octanol–water partition coefficient (Wildman–Crippen LogP) is 2.75. The van der Waals surface area contributed by atoms with Gasteiger partial charge in [0, 0.05) is 0 Å². The van der Waals surface area contributed by atoms with Gasteiger partial charge in [-0.1, -0.05) is 99.3 Å². The van der Waals surface area contributed by atoms with Crippen LogP contribution in [-0.4, -0.2) is 3.21 Å². The van der Waals surface area contributed by atoms with E-state index in [9.17, 15) is 0 Å². The minimum atomic E-state index is 0. The summed E-state index contributed by atoms with van der Waals surface area (Å²) in [6, 6.07) is 13.2. The van der Waals surface area contributed by atoms with Gasteiger partial charge in [-0.2, -0.15) is 52.6 Å². The Balaban J connectivity index is -0.000000473. The van der Waals surface area contributed by atoms with E-state index < -0.39 is 0 Å². The van der Waals surface area contributed by atoms with Crippen LogP contribution in [0.3, 0.4) is 0 Å². The molecule has 2 aromatic rings. The van der Waals surface area contributed by atoms with Gasteiger partial charge in [-0.3, -0.25) is 0 Å². The Morgan fingerprint density at radius 3 is 1.34 bits per heavy atom. The third-order valence-electron chi connectivity index (χ3n) is 4.85. The number of hydrogen-bond donors (Lipinski definition) is 0. The van der Waals surface area contributed by atoms with E-state index >= 15 is 0 Å². The van der Waals surface area contributed by atoms with Crippen LogP contribution in [0.25, 0.3) is 0 Å². The Bertz CT molecular complexity index is 730. The maximum absolute atomic E-state index is 2.33. The first kappa shape index (κ1) is 36.6. The quantitative estimate of drug-likeness (QED) is 0.437. The molecule has 0 saturated heterocycles. The van der Waals surface area contributed by atoms with E-state index in [4.69, 9.17) is 0 Å². The molecule has 0 radical (unpaired) electrons. The summed E-state index contributed by atoms with van der Waals surface area (Å²) in [5.41, 5.74) is 6.99. The molecule has 0 aromatic heterocycles. The van der Waals surface area contributed by atoms with Gasteiger partial charge in [0.25, 0.3) is 0 Å². The molecule has 2 aromatic carbocycles. The van der Waals surface area contributed by atoms with Gasteiger partial charge >= 0.3 is 41.3 Å². The Labute approximate surface area is 228 Å². The third-order valence-corrected chi connectivity index (χ3v) is 4.85. The van der Waals surface area contributed by atoms with E-state index in [0.717, 1.165) is 0 Å². The zero-order valence-corrected chi connectivity index (χ0v) is 27.2. The molecule has 0 heterocycles. The summed E-state index contributed by atoms with van der Waals surface area (Å²) in [4.78, 5) is 0. The number of hydrogen-bond acceptors (Lipinski definition) is 0. The fraction of sp³-hybridized carbons (Fsp3) is 0.621. The van der Waals surface area contributed by atoms with Crippen molar-refractivity contribution in [2.45, 2.75) is 119 Å². The summed E-state index contributed by atoms with van der Waals surface area (Å²) in [7, 11) is 0. The Hall–Kier alpha value is 0.0331. The van der Waals surface area contributed by atoms with Crippen LogP contribution in [0, 0.1) is 0 Å². The van der Waals surface area contributed by atoms with Crippen LogP contribution in [0.4, 0.5) is 0 Å². The van der Waals surface area contributed by atoms with Gasteiger partial charge in [0.15, 0.2) is 0 Å². The molecule has 0 aliphatic heterocycles. The first-order valence-corrected chi connectivity index (χ1v) is 12.5. The summed E-state index contributed by atoms with van der Waals surface area (Å²) >= 11 is 1.55. The fourth-order valence-electron chi connectivity index (χ4n) is 3.41. The van der Waals surface area contributed by atoms with Crippen molar-refractivity contribution >= 4 is 3.21 Å². The second-order valence-corrected chi connectivity index (χ2v) is 15.2. The molecule has 0 N–H and O–H groups in total. The molecule has 0 aliphatic carbocycles. The van der Waals surface area contributed by atoms with Gasteiger partial charge < -0.3 is 24.8 Å². The van der Waals surface area contributed by atoms with Gasteiger partial charge in [-0.05, 0) is 5.41 Å². The maximum Gasteiger partial charge on any atom is -1.00 e. The van der Waals surface area contributed by atoms with Gasteiger partial charge in [0.1, 0.15) is 0 Å². The zero-order valence-electron chi connectivity index (χ0n) is 23.2. The Morgan fingerprint density at radius 2 is 1.12 bits per heavy atom. The fourth-order valence-corrected chi connectivity index (χ4v) is 3.41. The molecule has 0 fully saturated rings. The summed E-state index contributed by atoms with van der Waals surface area (Å²) in [6.45, 7) is 31.8. The van der Waals surface area contributed by atoms with E-state index in [1.165, 1.54) is 19.9 Å². The van der Waals surface area contributed by atoms with Gasteiger partial charge in [0.2, 0.25) is 0 Å². The second kappa shape index (κ2) is 13.8. The smallest absolute Gasteiger partial charge is 1.00 e. The first-order chi connectivity index (χ1) is 13.2. The van der Waals surface area contributed by atoms with Crippen LogP contribution in [0.1, 0.15) is 119 Å². The van der Waals surface area contributed by atoms with Crippen molar-refractivity contribution in [3.63, 3.8) is 0 Å². The SMILES string of the molecule is CC(C)(C)c1c[cH-]c(C(C)(C)C)c1C(C)(C)C.CC(C)(C)c1cc[cH-]c1.C[C](C)=[Zr+2].[Cl-].[Cl-]. The molecule has 0 unspecified atom stereocenters. The molecule has 2 rings (SSSR count). The van der Waals surface area contributed by atoms with Crippen molar-refractivity contribution in [3.8, 4) is 0 Å². The molecule has 184 valence electrons. The summed E-state index contributed by atoms with van der Waals surface area (Å²) in [6.07, 6.45) is 0. The molecule has 0 atom stereocenters. The molecule has 32 heavy (non-hydrogen) atoms. The van der Waals surface area contributed by atoms with E-state index in [2.05, 4.69) is 133 Å². The van der Waals surface area contributed by atoms with Gasteiger partial charge in [0.05, 0.1) is 0 Å². The van der Waals surface area contributed by atoms with Crippen molar-refractivity contribution in [2.75, 3.05) is 0 Å². The summed E-state index contributed by atoms with van der Waals surface area (Å²) in [5, 5.41) is 0. The van der Waals surface area contributed by atoms with Crippen LogP contribution in [0.5, 0.6) is 0 Å². The molecule has 0 aliphatic rings. The molecule has 0 nitrogen and oxygen atoms in total. The molecule has 0 amide bonds. The predicted molar refractivity (Wildman–Crippen MR) is 135 cm³/mol. The van der Waals surface area contributed by atoms with Crippen molar-refractivity contribution in [2.24, 2.45) is 0 Å². The molecule has 0 bridgehead atoms. The van der Waals surface area contributed by atoms with Crippen LogP contribution >= 0.6 is 0 Å². The van der Waals surface area contributed by atoms with E-state index in [1.54, 1.807) is 29.8 Å². The van der Waals surface area contributed by atoms with Crippen LogP contribution in [-0.2, 0) is 45.9 Å². The second-order valence-electron chi connectivity index (χ2n) is 12.7. The minimum Gasteiger partial charge on any atom is -1.00 e.